The van der Waals surface area contributed by atoms with Crippen LogP contribution in [0, 0.1) is 0 Å². The lowest BCUT2D eigenvalue weighted by molar-refractivity contribution is 0.607. The third-order valence-electron chi connectivity index (χ3n) is 3.58. The first-order valence-corrected chi connectivity index (χ1v) is 6.93. The van der Waals surface area contributed by atoms with Crippen LogP contribution in [0.25, 0.3) is 0 Å². The Morgan fingerprint density at radius 3 is 3.06 bits per heavy atom. The molecule has 1 aromatic rings. The van der Waals surface area contributed by atoms with Crippen molar-refractivity contribution < 1.29 is 0 Å². The average molecular weight is 232 g/mol. The van der Waals surface area contributed by atoms with Gasteiger partial charge in [0.1, 0.15) is 0 Å². The molecule has 2 heteroatoms. The predicted molar refractivity (Wildman–Crippen MR) is 73.0 cm³/mol. The molecule has 0 unspecified atom stereocenters. The summed E-state index contributed by atoms with van der Waals surface area (Å²) in [7, 11) is 0. The molecule has 0 fully saturated rings. The van der Waals surface area contributed by atoms with Gasteiger partial charge in [0.2, 0.25) is 0 Å². The van der Waals surface area contributed by atoms with Gasteiger partial charge in [-0.2, -0.15) is 0 Å². The summed E-state index contributed by atoms with van der Waals surface area (Å²) >= 11 is 0. The fourth-order valence-electron chi connectivity index (χ4n) is 2.52. The Kier molecular flexibility index (Phi) is 4.87. The molecule has 0 aromatic carbocycles. The van der Waals surface area contributed by atoms with E-state index < -0.39 is 0 Å². The Balaban J connectivity index is 1.67. The maximum Gasteiger partial charge on any atom is 0.0359 e. The number of aryl methyl sites for hydroxylation is 1. The fraction of sp³-hybridized carbons (Fsp3) is 0.600. The van der Waals surface area contributed by atoms with Crippen LogP contribution in [0.3, 0.4) is 0 Å². The van der Waals surface area contributed by atoms with Crippen molar-refractivity contribution in [3.8, 4) is 0 Å². The van der Waals surface area contributed by atoms with Gasteiger partial charge in [-0.05, 0) is 57.7 Å². The molecule has 0 radical (unpaired) electrons. The van der Waals surface area contributed by atoms with Crippen molar-refractivity contribution in [3.05, 3.63) is 35.7 Å². The van der Waals surface area contributed by atoms with E-state index in [2.05, 4.69) is 41.2 Å². The number of nitrogens with zero attached hydrogens (tertiary/aromatic N) is 1. The van der Waals surface area contributed by atoms with Crippen LogP contribution >= 0.6 is 0 Å². The van der Waals surface area contributed by atoms with Gasteiger partial charge in [-0.15, -0.1) is 0 Å². The summed E-state index contributed by atoms with van der Waals surface area (Å²) in [5.41, 5.74) is 3.06. The highest BCUT2D eigenvalue weighted by Crippen LogP contribution is 2.19. The molecular weight excluding hydrogens is 208 g/mol. The van der Waals surface area contributed by atoms with Crippen LogP contribution in [-0.4, -0.2) is 11.1 Å². The zero-order valence-corrected chi connectivity index (χ0v) is 10.9. The van der Waals surface area contributed by atoms with Crippen molar-refractivity contribution in [2.45, 2.75) is 52.1 Å². The van der Waals surface area contributed by atoms with Crippen molar-refractivity contribution in [3.63, 3.8) is 0 Å². The summed E-state index contributed by atoms with van der Waals surface area (Å²) in [6.45, 7) is 5.36. The van der Waals surface area contributed by atoms with Gasteiger partial charge in [0.25, 0.3) is 0 Å². The van der Waals surface area contributed by atoms with E-state index in [-0.39, 0.29) is 0 Å². The third-order valence-corrected chi connectivity index (χ3v) is 3.58. The van der Waals surface area contributed by atoms with Crippen LogP contribution in [0.2, 0.25) is 0 Å². The van der Waals surface area contributed by atoms with Crippen LogP contribution < -0.4 is 5.32 Å². The zero-order valence-electron chi connectivity index (χ0n) is 10.9. The first-order chi connectivity index (χ1) is 8.40. The molecule has 0 aliphatic heterocycles. The number of hydrogen-bond acceptors (Lipinski definition) is 1. The van der Waals surface area contributed by atoms with Gasteiger partial charge in [-0.1, -0.05) is 11.6 Å². The molecule has 17 heavy (non-hydrogen) atoms. The topological polar surface area (TPSA) is 17.0 Å². The van der Waals surface area contributed by atoms with Crippen LogP contribution in [0.15, 0.2) is 30.0 Å². The number of aromatic nitrogens is 1. The van der Waals surface area contributed by atoms with Gasteiger partial charge in [0, 0.05) is 25.0 Å². The van der Waals surface area contributed by atoms with Gasteiger partial charge in [-0.3, -0.25) is 0 Å². The summed E-state index contributed by atoms with van der Waals surface area (Å²) in [5.74, 6) is 0. The molecule has 0 amide bonds. The van der Waals surface area contributed by atoms with Crippen LogP contribution in [0.4, 0.5) is 0 Å². The van der Waals surface area contributed by atoms with E-state index in [0.717, 1.165) is 19.6 Å². The number of hydrogen-bond donors (Lipinski definition) is 1. The summed E-state index contributed by atoms with van der Waals surface area (Å²) in [4.78, 5) is 0. The second-order valence-corrected chi connectivity index (χ2v) is 4.82. The fourth-order valence-corrected chi connectivity index (χ4v) is 2.52. The molecule has 0 saturated carbocycles. The quantitative estimate of drug-likeness (QED) is 0.587. The molecule has 94 valence electrons. The highest BCUT2D eigenvalue weighted by Gasteiger charge is 2.03. The van der Waals surface area contributed by atoms with Gasteiger partial charge in [0.15, 0.2) is 0 Å². The lowest BCUT2D eigenvalue weighted by atomic mass is 9.97. The summed E-state index contributed by atoms with van der Waals surface area (Å²) in [5, 5.41) is 3.55. The van der Waals surface area contributed by atoms with E-state index in [1.54, 1.807) is 5.57 Å². The molecule has 0 saturated heterocycles. The lowest BCUT2D eigenvalue weighted by Gasteiger charge is -2.13. The van der Waals surface area contributed by atoms with E-state index in [9.17, 15) is 0 Å². The first kappa shape index (κ1) is 12.4. The SMILES string of the molecule is CCn1cccc1CNCCC1=CCCCC1. The molecule has 2 nitrogen and oxygen atoms in total. The van der Waals surface area contributed by atoms with Gasteiger partial charge in [-0.25, -0.2) is 0 Å². The Bertz CT molecular complexity index is 363. The van der Waals surface area contributed by atoms with Crippen molar-refractivity contribution in [1.82, 2.24) is 9.88 Å². The molecule has 0 atom stereocenters. The smallest absolute Gasteiger partial charge is 0.0359 e. The summed E-state index contributed by atoms with van der Waals surface area (Å²) < 4.78 is 2.30. The van der Waals surface area contributed by atoms with Gasteiger partial charge in [0.05, 0.1) is 0 Å². The van der Waals surface area contributed by atoms with Crippen molar-refractivity contribution in [2.75, 3.05) is 6.54 Å². The minimum absolute atomic E-state index is 0.994. The monoisotopic (exact) mass is 232 g/mol. The van der Waals surface area contributed by atoms with Crippen molar-refractivity contribution in [2.24, 2.45) is 0 Å². The van der Waals surface area contributed by atoms with E-state index in [4.69, 9.17) is 0 Å². The molecule has 0 bridgehead atoms. The van der Waals surface area contributed by atoms with E-state index in [1.807, 2.05) is 0 Å². The number of allylic oxidation sites excluding steroid dienone is 1. The second kappa shape index (κ2) is 6.65. The Hall–Kier alpha value is -1.02. The Morgan fingerprint density at radius 1 is 1.35 bits per heavy atom. The highest BCUT2D eigenvalue weighted by atomic mass is 15.0. The Morgan fingerprint density at radius 2 is 2.29 bits per heavy atom. The van der Waals surface area contributed by atoms with Crippen molar-refractivity contribution >= 4 is 0 Å². The van der Waals surface area contributed by atoms with Crippen LogP contribution in [-0.2, 0) is 13.1 Å². The minimum atomic E-state index is 0.994. The Labute approximate surface area is 105 Å². The zero-order chi connectivity index (χ0) is 11.9. The third kappa shape index (κ3) is 3.74. The molecule has 1 aliphatic rings. The highest BCUT2D eigenvalue weighted by molar-refractivity contribution is 5.07. The minimum Gasteiger partial charge on any atom is -0.351 e. The van der Waals surface area contributed by atoms with Gasteiger partial charge < -0.3 is 9.88 Å². The lowest BCUT2D eigenvalue weighted by Crippen LogP contribution is -2.17. The molecule has 1 aliphatic carbocycles. The molecule has 2 rings (SSSR count). The van der Waals surface area contributed by atoms with Crippen LogP contribution in [0.5, 0.6) is 0 Å². The summed E-state index contributed by atoms with van der Waals surface area (Å²) in [6, 6.07) is 4.33. The largest absolute Gasteiger partial charge is 0.351 e. The number of rotatable bonds is 6. The second-order valence-electron chi connectivity index (χ2n) is 4.82. The normalized spacial score (nSPS) is 15.9. The number of nitrogens with one attached hydrogen (secondary N) is 1. The van der Waals surface area contributed by atoms with E-state index in [0.29, 0.717) is 0 Å². The maximum absolute atomic E-state index is 3.55. The predicted octanol–water partition coefficient (Wildman–Crippen LogP) is 3.49. The molecule has 0 spiro atoms. The summed E-state index contributed by atoms with van der Waals surface area (Å²) in [6.07, 6.45) is 11.2. The molecule has 1 N–H and O–H groups in total. The van der Waals surface area contributed by atoms with Crippen LogP contribution in [0.1, 0.15) is 44.7 Å². The molecule has 1 heterocycles. The maximum atomic E-state index is 3.55. The standard InChI is InChI=1S/C15H24N2/c1-2-17-12-6-9-15(17)13-16-11-10-14-7-4-3-5-8-14/h6-7,9,12,16H,2-5,8,10-11,13H2,1H3. The molecular formula is C15H24N2. The average Bonchev–Trinajstić information content (AvgIpc) is 2.83. The van der Waals surface area contributed by atoms with E-state index in [1.165, 1.54) is 37.8 Å². The first-order valence-electron chi connectivity index (χ1n) is 6.93. The van der Waals surface area contributed by atoms with Crippen molar-refractivity contribution in [1.29, 1.82) is 0 Å². The molecule has 1 aromatic heterocycles. The van der Waals surface area contributed by atoms with E-state index >= 15 is 0 Å². The van der Waals surface area contributed by atoms with Gasteiger partial charge >= 0.3 is 0 Å².